The Labute approximate surface area is 183 Å². The summed E-state index contributed by atoms with van der Waals surface area (Å²) in [5.41, 5.74) is 5.82. The van der Waals surface area contributed by atoms with Gasteiger partial charge in [0.05, 0.1) is 5.69 Å². The molecule has 0 radical (unpaired) electrons. The fourth-order valence-electron chi connectivity index (χ4n) is 4.19. The number of hydrogen-bond donors (Lipinski definition) is 1. The van der Waals surface area contributed by atoms with Crippen LogP contribution >= 0.6 is 0 Å². The molecular formula is C28H26N2O. The lowest BCUT2D eigenvalue weighted by atomic mass is 9.94. The molecule has 1 N–H and O–H groups in total. The number of benzene rings is 4. The second kappa shape index (κ2) is 9.07. The maximum atomic E-state index is 6.58. The molecule has 0 aliphatic carbocycles. The van der Waals surface area contributed by atoms with Gasteiger partial charge in [-0.3, -0.25) is 0 Å². The van der Waals surface area contributed by atoms with Crippen LogP contribution in [0.1, 0.15) is 0 Å². The third-order valence-corrected chi connectivity index (χ3v) is 5.73. The van der Waals surface area contributed by atoms with Crippen LogP contribution in [-0.2, 0) is 0 Å². The fourth-order valence-corrected chi connectivity index (χ4v) is 4.19. The molecule has 31 heavy (non-hydrogen) atoms. The van der Waals surface area contributed by atoms with E-state index in [1.54, 1.807) is 0 Å². The second-order valence-electron chi connectivity index (χ2n) is 7.71. The van der Waals surface area contributed by atoms with E-state index in [1.807, 2.05) is 12.1 Å². The Balaban J connectivity index is 1.55. The van der Waals surface area contributed by atoms with Crippen molar-refractivity contribution < 1.29 is 4.74 Å². The topological polar surface area (TPSA) is 24.5 Å². The maximum Gasteiger partial charge on any atom is 0.150 e. The van der Waals surface area contributed by atoms with Gasteiger partial charge in [0, 0.05) is 31.7 Å². The Kier molecular flexibility index (Phi) is 5.68. The van der Waals surface area contributed by atoms with E-state index < -0.39 is 0 Å². The first-order valence-electron chi connectivity index (χ1n) is 10.9. The summed E-state index contributed by atoms with van der Waals surface area (Å²) in [6.07, 6.45) is 0. The van der Waals surface area contributed by atoms with Crippen LogP contribution in [-0.4, -0.2) is 26.2 Å². The Morgan fingerprint density at radius 2 is 1.13 bits per heavy atom. The van der Waals surface area contributed by atoms with Gasteiger partial charge in [0.1, 0.15) is 5.75 Å². The van der Waals surface area contributed by atoms with Crippen LogP contribution in [0.3, 0.4) is 0 Å². The van der Waals surface area contributed by atoms with Crippen LogP contribution in [0.25, 0.3) is 22.3 Å². The summed E-state index contributed by atoms with van der Waals surface area (Å²) >= 11 is 0. The average molecular weight is 407 g/mol. The molecular weight excluding hydrogens is 380 g/mol. The lowest BCUT2D eigenvalue weighted by Crippen LogP contribution is -2.43. The first-order valence-corrected chi connectivity index (χ1v) is 10.9. The van der Waals surface area contributed by atoms with E-state index in [0.29, 0.717) is 0 Å². The molecule has 3 nitrogen and oxygen atoms in total. The smallest absolute Gasteiger partial charge is 0.150 e. The molecule has 0 unspecified atom stereocenters. The predicted molar refractivity (Wildman–Crippen MR) is 129 cm³/mol. The van der Waals surface area contributed by atoms with E-state index in [-0.39, 0.29) is 0 Å². The van der Waals surface area contributed by atoms with Gasteiger partial charge in [-0.05, 0) is 34.9 Å². The SMILES string of the molecule is c1ccc(-c2ccccc2-c2ccccc2Oc2ccccc2N2CCNCC2)cc1. The summed E-state index contributed by atoms with van der Waals surface area (Å²) in [5, 5.41) is 3.42. The van der Waals surface area contributed by atoms with Crippen molar-refractivity contribution in [3.63, 3.8) is 0 Å². The predicted octanol–water partition coefficient (Wildman–Crippen LogP) is 6.22. The molecule has 0 saturated carbocycles. The molecule has 1 heterocycles. The number of nitrogens with zero attached hydrogens (tertiary/aromatic N) is 1. The molecule has 4 aromatic rings. The van der Waals surface area contributed by atoms with Crippen molar-refractivity contribution in [1.29, 1.82) is 0 Å². The van der Waals surface area contributed by atoms with Gasteiger partial charge in [0.2, 0.25) is 0 Å². The molecule has 0 aromatic heterocycles. The van der Waals surface area contributed by atoms with Crippen molar-refractivity contribution >= 4 is 5.69 Å². The summed E-state index contributed by atoms with van der Waals surface area (Å²) < 4.78 is 6.58. The van der Waals surface area contributed by atoms with Gasteiger partial charge in [-0.15, -0.1) is 0 Å². The molecule has 4 aromatic carbocycles. The summed E-state index contributed by atoms with van der Waals surface area (Å²) in [6, 6.07) is 35.7. The molecule has 1 aliphatic heterocycles. The molecule has 1 saturated heterocycles. The molecule has 1 fully saturated rings. The Morgan fingerprint density at radius 3 is 1.90 bits per heavy atom. The Hall–Kier alpha value is -3.56. The van der Waals surface area contributed by atoms with Crippen LogP contribution < -0.4 is 15.0 Å². The third kappa shape index (κ3) is 4.18. The molecule has 1 aliphatic rings. The Bertz CT molecular complexity index is 1150. The standard InChI is InChI=1S/C28H26N2O/c1-2-10-22(11-3-1)23-12-4-5-13-24(23)25-14-6-8-16-27(25)31-28-17-9-7-15-26(28)30-20-18-29-19-21-30/h1-17,29H,18-21H2. The first kappa shape index (κ1) is 19.4. The first-order chi connectivity index (χ1) is 15.4. The minimum atomic E-state index is 0.869. The largest absolute Gasteiger partial charge is 0.455 e. The molecule has 3 heteroatoms. The molecule has 0 amide bonds. The average Bonchev–Trinajstić information content (AvgIpc) is 2.86. The van der Waals surface area contributed by atoms with E-state index in [0.717, 1.165) is 48.9 Å². The fraction of sp³-hybridized carbons (Fsp3) is 0.143. The van der Waals surface area contributed by atoms with Crippen LogP contribution in [0, 0.1) is 0 Å². The van der Waals surface area contributed by atoms with E-state index >= 15 is 0 Å². The third-order valence-electron chi connectivity index (χ3n) is 5.73. The number of nitrogens with one attached hydrogen (secondary N) is 1. The maximum absolute atomic E-state index is 6.58. The van der Waals surface area contributed by atoms with Crippen LogP contribution in [0.2, 0.25) is 0 Å². The van der Waals surface area contributed by atoms with Gasteiger partial charge >= 0.3 is 0 Å². The number of ether oxygens (including phenoxy) is 1. The lowest BCUT2D eigenvalue weighted by Gasteiger charge is -2.30. The summed E-state index contributed by atoms with van der Waals surface area (Å²) in [6.45, 7) is 3.96. The summed E-state index contributed by atoms with van der Waals surface area (Å²) in [5.74, 6) is 1.77. The zero-order valence-corrected chi connectivity index (χ0v) is 17.5. The highest BCUT2D eigenvalue weighted by atomic mass is 16.5. The molecule has 0 spiro atoms. The van der Waals surface area contributed by atoms with Gasteiger partial charge in [-0.1, -0.05) is 84.9 Å². The van der Waals surface area contributed by atoms with Crippen molar-refractivity contribution in [2.45, 2.75) is 0 Å². The second-order valence-corrected chi connectivity index (χ2v) is 7.71. The number of hydrogen-bond acceptors (Lipinski definition) is 3. The Morgan fingerprint density at radius 1 is 0.548 bits per heavy atom. The van der Waals surface area contributed by atoms with Gasteiger partial charge in [-0.2, -0.15) is 0 Å². The highest BCUT2D eigenvalue weighted by Gasteiger charge is 2.17. The number of para-hydroxylation sites is 3. The highest BCUT2D eigenvalue weighted by molar-refractivity contribution is 5.86. The van der Waals surface area contributed by atoms with Gasteiger partial charge in [-0.25, -0.2) is 0 Å². The normalized spacial score (nSPS) is 13.7. The molecule has 154 valence electrons. The molecule has 5 rings (SSSR count). The lowest BCUT2D eigenvalue weighted by molar-refractivity contribution is 0.479. The zero-order valence-electron chi connectivity index (χ0n) is 17.5. The number of anilines is 1. The van der Waals surface area contributed by atoms with Gasteiger partial charge in [0.25, 0.3) is 0 Å². The van der Waals surface area contributed by atoms with Gasteiger partial charge in [0.15, 0.2) is 5.75 Å². The number of rotatable bonds is 5. The van der Waals surface area contributed by atoms with Crippen molar-refractivity contribution in [2.24, 2.45) is 0 Å². The van der Waals surface area contributed by atoms with E-state index in [1.165, 1.54) is 16.7 Å². The van der Waals surface area contributed by atoms with E-state index in [9.17, 15) is 0 Å². The molecule has 0 bridgehead atoms. The van der Waals surface area contributed by atoms with Crippen molar-refractivity contribution in [3.8, 4) is 33.8 Å². The minimum absolute atomic E-state index is 0.869. The summed E-state index contributed by atoms with van der Waals surface area (Å²) in [4.78, 5) is 2.40. The summed E-state index contributed by atoms with van der Waals surface area (Å²) in [7, 11) is 0. The highest BCUT2D eigenvalue weighted by Crippen LogP contribution is 2.40. The van der Waals surface area contributed by atoms with Gasteiger partial charge < -0.3 is 15.0 Å². The van der Waals surface area contributed by atoms with Crippen molar-refractivity contribution in [2.75, 3.05) is 31.1 Å². The van der Waals surface area contributed by atoms with E-state index in [4.69, 9.17) is 4.74 Å². The van der Waals surface area contributed by atoms with Crippen molar-refractivity contribution in [3.05, 3.63) is 103 Å². The van der Waals surface area contributed by atoms with Crippen molar-refractivity contribution in [1.82, 2.24) is 5.32 Å². The monoisotopic (exact) mass is 406 g/mol. The van der Waals surface area contributed by atoms with Crippen LogP contribution in [0.5, 0.6) is 11.5 Å². The number of piperazine rings is 1. The van der Waals surface area contributed by atoms with Crippen LogP contribution in [0.15, 0.2) is 103 Å². The van der Waals surface area contributed by atoms with E-state index in [2.05, 4.69) is 101 Å². The minimum Gasteiger partial charge on any atom is -0.455 e. The quantitative estimate of drug-likeness (QED) is 0.426. The zero-order chi connectivity index (χ0) is 20.9. The molecule has 0 atom stereocenters. The van der Waals surface area contributed by atoms with Crippen LogP contribution in [0.4, 0.5) is 5.69 Å².